The fraction of sp³-hybridized carbons (Fsp3) is 0.308. The van der Waals surface area contributed by atoms with Crippen LogP contribution in [0.4, 0.5) is 0 Å². The van der Waals surface area contributed by atoms with E-state index in [1.807, 2.05) is 42.5 Å². The van der Waals surface area contributed by atoms with Crippen molar-refractivity contribution in [1.29, 1.82) is 0 Å². The second kappa shape index (κ2) is 11.3. The molecule has 0 heterocycles. The monoisotopic (exact) mass is 389 g/mol. The predicted octanol–water partition coefficient (Wildman–Crippen LogP) is 5.78. The quantitative estimate of drug-likeness (QED) is 0.451. The van der Waals surface area contributed by atoms with Crippen LogP contribution in [-0.4, -0.2) is 12.6 Å². The lowest BCUT2D eigenvalue weighted by atomic mass is 10.1. The lowest BCUT2D eigenvalue weighted by Gasteiger charge is -2.17. The Hall–Kier alpha value is -2.78. The van der Waals surface area contributed by atoms with Crippen molar-refractivity contribution < 1.29 is 9.47 Å². The van der Waals surface area contributed by atoms with Gasteiger partial charge in [-0.1, -0.05) is 73.7 Å². The minimum Gasteiger partial charge on any atom is -0.485 e. The van der Waals surface area contributed by atoms with Crippen molar-refractivity contribution >= 4 is 0 Å². The summed E-state index contributed by atoms with van der Waals surface area (Å²) < 4.78 is 12.3. The summed E-state index contributed by atoms with van der Waals surface area (Å²) in [4.78, 5) is 0. The van der Waals surface area contributed by atoms with Crippen molar-refractivity contribution in [2.75, 3.05) is 6.54 Å². The molecule has 3 rings (SSSR count). The first kappa shape index (κ1) is 20.9. The van der Waals surface area contributed by atoms with Crippen LogP contribution < -0.4 is 14.8 Å². The van der Waals surface area contributed by atoms with E-state index in [9.17, 15) is 0 Å². The molecule has 1 N–H and O–H groups in total. The summed E-state index contributed by atoms with van der Waals surface area (Å²) >= 11 is 0. The molecule has 0 saturated carbocycles. The van der Waals surface area contributed by atoms with Gasteiger partial charge in [-0.3, -0.25) is 0 Å². The van der Waals surface area contributed by atoms with E-state index >= 15 is 0 Å². The van der Waals surface area contributed by atoms with Gasteiger partial charge >= 0.3 is 0 Å². The predicted molar refractivity (Wildman–Crippen MR) is 119 cm³/mol. The molecule has 0 aromatic heterocycles. The third-order valence-electron chi connectivity index (χ3n) is 4.77. The summed E-state index contributed by atoms with van der Waals surface area (Å²) in [6, 6.07) is 27.1. The molecule has 3 aromatic rings. The first-order valence-electron chi connectivity index (χ1n) is 10.4. The summed E-state index contributed by atoms with van der Waals surface area (Å²) in [7, 11) is 0. The van der Waals surface area contributed by atoms with Gasteiger partial charge in [-0.05, 0) is 55.1 Å². The Morgan fingerprint density at radius 1 is 0.724 bits per heavy atom. The maximum atomic E-state index is 6.17. The fourth-order valence-electron chi connectivity index (χ4n) is 3.20. The summed E-state index contributed by atoms with van der Waals surface area (Å²) in [5, 5.41) is 3.55. The Bertz CT molecular complexity index is 849. The number of ether oxygens (including phenoxy) is 2. The van der Waals surface area contributed by atoms with Crippen LogP contribution in [0.1, 0.15) is 37.0 Å². The van der Waals surface area contributed by atoms with Crippen LogP contribution in [-0.2, 0) is 19.6 Å². The van der Waals surface area contributed by atoms with E-state index in [1.54, 1.807) is 0 Å². The standard InChI is InChI=1S/C26H31NO2/c1-3-16-27-21(2)17-24-14-15-25(28-19-22-10-6-4-7-11-22)26(18-24)29-20-23-12-8-5-9-13-23/h4-15,18,21,27H,3,16-17,19-20H2,1-2H3. The Balaban J connectivity index is 1.72. The van der Waals surface area contributed by atoms with Gasteiger partial charge in [0.15, 0.2) is 11.5 Å². The van der Waals surface area contributed by atoms with E-state index in [2.05, 4.69) is 55.6 Å². The average Bonchev–Trinajstić information content (AvgIpc) is 2.77. The molecule has 3 nitrogen and oxygen atoms in total. The summed E-state index contributed by atoms with van der Waals surface area (Å²) in [6.45, 7) is 6.50. The van der Waals surface area contributed by atoms with E-state index in [0.29, 0.717) is 19.3 Å². The SMILES string of the molecule is CCCNC(C)Cc1ccc(OCc2ccccc2)c(OCc2ccccc2)c1. The number of hydrogen-bond donors (Lipinski definition) is 1. The van der Waals surface area contributed by atoms with Crippen molar-refractivity contribution in [3.63, 3.8) is 0 Å². The molecule has 3 aromatic carbocycles. The van der Waals surface area contributed by atoms with Gasteiger partial charge in [-0.25, -0.2) is 0 Å². The maximum absolute atomic E-state index is 6.17. The molecule has 0 bridgehead atoms. The topological polar surface area (TPSA) is 30.5 Å². The van der Waals surface area contributed by atoms with Crippen LogP contribution >= 0.6 is 0 Å². The van der Waals surface area contributed by atoms with E-state index in [4.69, 9.17) is 9.47 Å². The third-order valence-corrected chi connectivity index (χ3v) is 4.77. The van der Waals surface area contributed by atoms with E-state index in [1.165, 1.54) is 5.56 Å². The van der Waals surface area contributed by atoms with Crippen molar-refractivity contribution in [3.8, 4) is 11.5 Å². The second-order valence-electron chi connectivity index (χ2n) is 7.39. The molecule has 152 valence electrons. The molecule has 0 spiro atoms. The minimum absolute atomic E-state index is 0.424. The van der Waals surface area contributed by atoms with Crippen LogP contribution in [0.3, 0.4) is 0 Å². The highest BCUT2D eigenvalue weighted by atomic mass is 16.5. The van der Waals surface area contributed by atoms with Crippen molar-refractivity contribution in [3.05, 3.63) is 95.6 Å². The summed E-state index contributed by atoms with van der Waals surface area (Å²) in [5.41, 5.74) is 3.53. The average molecular weight is 390 g/mol. The molecule has 0 aliphatic heterocycles. The van der Waals surface area contributed by atoms with Gasteiger partial charge in [0.25, 0.3) is 0 Å². The zero-order valence-corrected chi connectivity index (χ0v) is 17.4. The first-order chi connectivity index (χ1) is 14.2. The van der Waals surface area contributed by atoms with Crippen LogP contribution in [0.2, 0.25) is 0 Å². The van der Waals surface area contributed by atoms with E-state index in [-0.39, 0.29) is 0 Å². The molecule has 1 unspecified atom stereocenters. The van der Waals surface area contributed by atoms with Crippen LogP contribution in [0, 0.1) is 0 Å². The smallest absolute Gasteiger partial charge is 0.161 e. The van der Waals surface area contributed by atoms with Gasteiger partial charge < -0.3 is 14.8 Å². The number of rotatable bonds is 11. The summed E-state index contributed by atoms with van der Waals surface area (Å²) in [6.07, 6.45) is 2.10. The number of nitrogens with one attached hydrogen (secondary N) is 1. The Morgan fingerprint density at radius 3 is 1.90 bits per heavy atom. The number of benzene rings is 3. The molecule has 0 saturated heterocycles. The highest BCUT2D eigenvalue weighted by Gasteiger charge is 2.10. The highest BCUT2D eigenvalue weighted by Crippen LogP contribution is 2.30. The molecule has 0 amide bonds. The molecular weight excluding hydrogens is 358 g/mol. The molecule has 0 aliphatic carbocycles. The Labute approximate surface area is 174 Å². The van der Waals surface area contributed by atoms with Gasteiger partial charge in [0.05, 0.1) is 0 Å². The Kier molecular flexibility index (Phi) is 8.14. The van der Waals surface area contributed by atoms with Gasteiger partial charge in [0, 0.05) is 6.04 Å². The molecule has 0 fully saturated rings. The van der Waals surface area contributed by atoms with Crippen molar-refractivity contribution in [2.45, 2.75) is 45.9 Å². The fourth-order valence-corrected chi connectivity index (χ4v) is 3.20. The van der Waals surface area contributed by atoms with Crippen LogP contribution in [0.15, 0.2) is 78.9 Å². The number of hydrogen-bond acceptors (Lipinski definition) is 3. The zero-order valence-electron chi connectivity index (χ0n) is 17.4. The largest absolute Gasteiger partial charge is 0.485 e. The molecule has 1 atom stereocenters. The van der Waals surface area contributed by atoms with Crippen LogP contribution in [0.5, 0.6) is 11.5 Å². The third kappa shape index (κ3) is 6.95. The van der Waals surface area contributed by atoms with Gasteiger partial charge in [0.1, 0.15) is 13.2 Å². The zero-order chi connectivity index (χ0) is 20.3. The highest BCUT2D eigenvalue weighted by molar-refractivity contribution is 5.43. The molecular formula is C26H31NO2. The first-order valence-corrected chi connectivity index (χ1v) is 10.4. The molecule has 29 heavy (non-hydrogen) atoms. The molecule has 0 radical (unpaired) electrons. The normalized spacial score (nSPS) is 11.8. The van der Waals surface area contributed by atoms with E-state index in [0.717, 1.165) is 42.0 Å². The van der Waals surface area contributed by atoms with Gasteiger partial charge in [-0.2, -0.15) is 0 Å². The second-order valence-corrected chi connectivity index (χ2v) is 7.39. The minimum atomic E-state index is 0.424. The van der Waals surface area contributed by atoms with E-state index < -0.39 is 0 Å². The van der Waals surface area contributed by atoms with Gasteiger partial charge in [0.2, 0.25) is 0 Å². The Morgan fingerprint density at radius 2 is 1.31 bits per heavy atom. The van der Waals surface area contributed by atoms with Gasteiger partial charge in [-0.15, -0.1) is 0 Å². The molecule has 0 aliphatic rings. The summed E-state index contributed by atoms with van der Waals surface area (Å²) in [5.74, 6) is 1.58. The maximum Gasteiger partial charge on any atom is 0.161 e. The van der Waals surface area contributed by atoms with Crippen LogP contribution in [0.25, 0.3) is 0 Å². The molecule has 3 heteroatoms. The van der Waals surface area contributed by atoms with Crippen molar-refractivity contribution in [1.82, 2.24) is 5.32 Å². The lowest BCUT2D eigenvalue weighted by molar-refractivity contribution is 0.255. The lowest BCUT2D eigenvalue weighted by Crippen LogP contribution is -2.28. The van der Waals surface area contributed by atoms with Crippen molar-refractivity contribution in [2.24, 2.45) is 0 Å².